The Morgan fingerprint density at radius 3 is 2.64 bits per heavy atom. The molecule has 0 aromatic heterocycles. The lowest BCUT2D eigenvalue weighted by Crippen LogP contribution is -2.44. The van der Waals surface area contributed by atoms with Crippen molar-refractivity contribution in [3.05, 3.63) is 35.4 Å². The molecule has 1 aliphatic carbocycles. The number of aliphatic imine (C=N–C) groups is 1. The van der Waals surface area contributed by atoms with Crippen LogP contribution in [0.4, 0.5) is 0 Å². The monoisotopic (exact) mass is 433 g/mol. The predicted octanol–water partition coefficient (Wildman–Crippen LogP) is 3.78. The van der Waals surface area contributed by atoms with Crippen molar-refractivity contribution in [1.82, 2.24) is 10.6 Å². The van der Waals surface area contributed by atoms with Crippen LogP contribution in [0.2, 0.25) is 0 Å². The third-order valence-corrected chi connectivity index (χ3v) is 5.41. The van der Waals surface area contributed by atoms with Gasteiger partial charge in [-0.25, -0.2) is 0 Å². The number of guanidine groups is 1. The zero-order chi connectivity index (χ0) is 15.5. The summed E-state index contributed by atoms with van der Waals surface area (Å²) in [6, 6.07) is 9.18. The number of hydrogen-bond acceptors (Lipinski definition) is 2. The molecule has 1 fully saturated rings. The van der Waals surface area contributed by atoms with E-state index >= 15 is 0 Å². The first kappa shape index (κ1) is 19.6. The summed E-state index contributed by atoms with van der Waals surface area (Å²) in [5.74, 6) is 1.54. The molecule has 2 atom stereocenters. The number of benzene rings is 1. The molecule has 22 heavy (non-hydrogen) atoms. The third kappa shape index (κ3) is 5.33. The number of hydrogen-bond donors (Lipinski definition) is 2. The molecule has 2 unspecified atom stereocenters. The van der Waals surface area contributed by atoms with Crippen molar-refractivity contribution in [3.8, 4) is 0 Å². The molecule has 0 aliphatic heterocycles. The first-order chi connectivity index (χ1) is 9.96. The molecule has 2 N–H and O–H groups in total. The second-order valence-electron chi connectivity index (χ2n) is 6.34. The molecule has 0 amide bonds. The van der Waals surface area contributed by atoms with Gasteiger partial charge in [-0.2, -0.15) is 11.8 Å². The van der Waals surface area contributed by atoms with Crippen molar-refractivity contribution in [3.63, 3.8) is 0 Å². The first-order valence-electron chi connectivity index (χ1n) is 7.54. The summed E-state index contributed by atoms with van der Waals surface area (Å²) in [6.45, 7) is 7.59. The van der Waals surface area contributed by atoms with Crippen molar-refractivity contribution in [1.29, 1.82) is 0 Å². The number of nitrogens with one attached hydrogen (secondary N) is 2. The lowest BCUT2D eigenvalue weighted by atomic mass is 10.0. The van der Waals surface area contributed by atoms with Gasteiger partial charge in [-0.3, -0.25) is 4.99 Å². The van der Waals surface area contributed by atoms with Crippen LogP contribution in [0.15, 0.2) is 29.3 Å². The van der Waals surface area contributed by atoms with Crippen LogP contribution in [0, 0.1) is 6.92 Å². The van der Waals surface area contributed by atoms with Gasteiger partial charge in [0.05, 0.1) is 0 Å². The van der Waals surface area contributed by atoms with Crippen molar-refractivity contribution in [2.45, 2.75) is 43.9 Å². The second-order valence-corrected chi connectivity index (χ2v) is 7.85. The zero-order valence-corrected chi connectivity index (χ0v) is 17.3. The van der Waals surface area contributed by atoms with E-state index in [1.54, 1.807) is 0 Å². The number of thioether (sulfide) groups is 1. The normalized spacial score (nSPS) is 21.0. The molecule has 1 aromatic carbocycles. The van der Waals surface area contributed by atoms with Crippen molar-refractivity contribution < 1.29 is 0 Å². The third-order valence-electron chi connectivity index (χ3n) is 4.16. The summed E-state index contributed by atoms with van der Waals surface area (Å²) >= 11 is 1.87. The SMILES string of the molecule is CN=C(NCC(C)(C)SC)NC1CC1c1ccccc1C.I. The summed E-state index contributed by atoms with van der Waals surface area (Å²) in [6.07, 6.45) is 3.34. The maximum Gasteiger partial charge on any atom is 0.191 e. The lowest BCUT2D eigenvalue weighted by Gasteiger charge is -2.23. The smallest absolute Gasteiger partial charge is 0.191 e. The van der Waals surface area contributed by atoms with E-state index in [4.69, 9.17) is 0 Å². The van der Waals surface area contributed by atoms with Gasteiger partial charge in [0.25, 0.3) is 0 Å². The Balaban J connectivity index is 0.00000242. The Morgan fingerprint density at radius 1 is 1.36 bits per heavy atom. The average Bonchev–Trinajstić information content (AvgIpc) is 3.23. The Hall–Kier alpha value is -0.430. The molecule has 0 saturated heterocycles. The van der Waals surface area contributed by atoms with Crippen molar-refractivity contribution in [2.24, 2.45) is 4.99 Å². The van der Waals surface area contributed by atoms with E-state index in [2.05, 4.69) is 66.9 Å². The van der Waals surface area contributed by atoms with Gasteiger partial charge in [0, 0.05) is 30.3 Å². The molecule has 5 heteroatoms. The van der Waals surface area contributed by atoms with Gasteiger partial charge < -0.3 is 10.6 Å². The summed E-state index contributed by atoms with van der Waals surface area (Å²) in [5.41, 5.74) is 2.85. The van der Waals surface area contributed by atoms with E-state index in [0.29, 0.717) is 12.0 Å². The standard InChI is InChI=1S/C17H27N3S.HI/c1-12-8-6-7-9-13(12)14-10-15(14)20-16(18-4)19-11-17(2,3)21-5;/h6-9,14-15H,10-11H2,1-5H3,(H2,18,19,20);1H. The van der Waals surface area contributed by atoms with Crippen molar-refractivity contribution >= 4 is 41.7 Å². The van der Waals surface area contributed by atoms with Crippen LogP contribution in [0.1, 0.15) is 37.3 Å². The average molecular weight is 433 g/mol. The minimum atomic E-state index is 0. The Morgan fingerprint density at radius 2 is 2.05 bits per heavy atom. The molecule has 0 radical (unpaired) electrons. The van der Waals surface area contributed by atoms with E-state index in [1.807, 2.05) is 18.8 Å². The van der Waals surface area contributed by atoms with Crippen LogP contribution >= 0.6 is 35.7 Å². The minimum absolute atomic E-state index is 0. The highest BCUT2D eigenvalue weighted by molar-refractivity contribution is 14.0. The molecular formula is C17H28IN3S. The molecule has 0 heterocycles. The van der Waals surface area contributed by atoms with Crippen LogP contribution in [0.3, 0.4) is 0 Å². The van der Waals surface area contributed by atoms with E-state index in [1.165, 1.54) is 17.5 Å². The topological polar surface area (TPSA) is 36.4 Å². The Kier molecular flexibility index (Phi) is 7.52. The Bertz CT molecular complexity index is 516. The fourth-order valence-corrected chi connectivity index (χ4v) is 2.66. The number of aryl methyl sites for hydroxylation is 1. The predicted molar refractivity (Wildman–Crippen MR) is 110 cm³/mol. The molecule has 1 saturated carbocycles. The van der Waals surface area contributed by atoms with E-state index in [0.717, 1.165) is 12.5 Å². The van der Waals surface area contributed by atoms with Gasteiger partial charge in [0.1, 0.15) is 0 Å². The maximum absolute atomic E-state index is 4.34. The molecule has 3 nitrogen and oxygen atoms in total. The quantitative estimate of drug-likeness (QED) is 0.422. The number of halogens is 1. The highest BCUT2D eigenvalue weighted by atomic mass is 127. The molecular weight excluding hydrogens is 405 g/mol. The van der Waals surface area contributed by atoms with Gasteiger partial charge in [0.15, 0.2) is 5.96 Å². The molecule has 0 spiro atoms. The Labute approximate surface area is 156 Å². The van der Waals surface area contributed by atoms with Crippen LogP contribution in [-0.4, -0.2) is 36.6 Å². The highest BCUT2D eigenvalue weighted by Crippen LogP contribution is 2.42. The first-order valence-corrected chi connectivity index (χ1v) is 8.77. The molecule has 124 valence electrons. The van der Waals surface area contributed by atoms with E-state index < -0.39 is 0 Å². The summed E-state index contributed by atoms with van der Waals surface area (Å²) in [4.78, 5) is 4.34. The summed E-state index contributed by atoms with van der Waals surface area (Å²) < 4.78 is 0.219. The lowest BCUT2D eigenvalue weighted by molar-refractivity contribution is 0.662. The van der Waals surface area contributed by atoms with E-state index in [-0.39, 0.29) is 28.7 Å². The summed E-state index contributed by atoms with van der Waals surface area (Å²) in [7, 11) is 1.84. The van der Waals surface area contributed by atoms with Gasteiger partial charge >= 0.3 is 0 Å². The molecule has 0 bridgehead atoms. The minimum Gasteiger partial charge on any atom is -0.355 e. The molecule has 1 aliphatic rings. The van der Waals surface area contributed by atoms with Gasteiger partial charge in [0.2, 0.25) is 0 Å². The van der Waals surface area contributed by atoms with Crippen LogP contribution in [-0.2, 0) is 0 Å². The van der Waals surface area contributed by atoms with Gasteiger partial charge in [-0.05, 0) is 44.6 Å². The van der Waals surface area contributed by atoms with Crippen LogP contribution in [0.5, 0.6) is 0 Å². The molecule has 1 aromatic rings. The number of nitrogens with zero attached hydrogens (tertiary/aromatic N) is 1. The fourth-order valence-electron chi connectivity index (χ4n) is 2.44. The zero-order valence-electron chi connectivity index (χ0n) is 14.1. The largest absolute Gasteiger partial charge is 0.355 e. The second kappa shape index (κ2) is 8.43. The van der Waals surface area contributed by atoms with Gasteiger partial charge in [-0.1, -0.05) is 24.3 Å². The fraction of sp³-hybridized carbons (Fsp3) is 0.588. The van der Waals surface area contributed by atoms with E-state index in [9.17, 15) is 0 Å². The highest BCUT2D eigenvalue weighted by Gasteiger charge is 2.39. The number of rotatable bonds is 5. The molecule has 2 rings (SSSR count). The maximum atomic E-state index is 4.34. The van der Waals surface area contributed by atoms with Crippen molar-refractivity contribution in [2.75, 3.05) is 19.8 Å². The summed E-state index contributed by atoms with van der Waals surface area (Å²) in [5, 5.41) is 6.98. The van der Waals surface area contributed by atoms with Crippen LogP contribution in [0.25, 0.3) is 0 Å². The van der Waals surface area contributed by atoms with Crippen LogP contribution < -0.4 is 10.6 Å². The van der Waals surface area contributed by atoms with Gasteiger partial charge in [-0.15, -0.1) is 24.0 Å².